The van der Waals surface area contributed by atoms with Crippen molar-refractivity contribution in [3.8, 4) is 0 Å². The van der Waals surface area contributed by atoms with Crippen LogP contribution in [0.25, 0.3) is 0 Å². The van der Waals surface area contributed by atoms with E-state index in [2.05, 4.69) is 18.7 Å². The van der Waals surface area contributed by atoms with Crippen LogP contribution in [0.1, 0.15) is 52.9 Å². The van der Waals surface area contributed by atoms with Crippen molar-refractivity contribution in [2.75, 3.05) is 13.1 Å². The molecule has 0 spiro atoms. The standard InChI is InChI=1S/C14H27NO2/c1-11(16)9-12-5-4-8-15(12)10-13-6-7-14(2,3)17-13/h11-13,16H,4-10H2,1-3H3. The van der Waals surface area contributed by atoms with Gasteiger partial charge in [0.1, 0.15) is 0 Å². The van der Waals surface area contributed by atoms with Gasteiger partial charge in [-0.15, -0.1) is 0 Å². The highest BCUT2D eigenvalue weighted by atomic mass is 16.5. The van der Waals surface area contributed by atoms with Gasteiger partial charge in [0.05, 0.1) is 17.8 Å². The smallest absolute Gasteiger partial charge is 0.0710 e. The van der Waals surface area contributed by atoms with Crippen LogP contribution in [0.4, 0.5) is 0 Å². The molecule has 2 heterocycles. The maximum absolute atomic E-state index is 9.52. The van der Waals surface area contributed by atoms with E-state index in [1.165, 1.54) is 32.2 Å². The van der Waals surface area contributed by atoms with E-state index >= 15 is 0 Å². The molecule has 0 aliphatic carbocycles. The maximum Gasteiger partial charge on any atom is 0.0710 e. The van der Waals surface area contributed by atoms with Crippen LogP contribution in [0, 0.1) is 0 Å². The topological polar surface area (TPSA) is 32.7 Å². The highest BCUT2D eigenvalue weighted by Gasteiger charge is 2.35. The van der Waals surface area contributed by atoms with Crippen LogP contribution in [-0.2, 0) is 4.74 Å². The van der Waals surface area contributed by atoms with Crippen molar-refractivity contribution in [1.29, 1.82) is 0 Å². The fourth-order valence-electron chi connectivity index (χ4n) is 3.26. The van der Waals surface area contributed by atoms with Crippen LogP contribution in [-0.4, -0.2) is 46.9 Å². The number of aliphatic hydroxyl groups excluding tert-OH is 1. The van der Waals surface area contributed by atoms with E-state index in [1.54, 1.807) is 0 Å². The van der Waals surface area contributed by atoms with Crippen molar-refractivity contribution in [2.24, 2.45) is 0 Å². The third-order valence-electron chi connectivity index (χ3n) is 4.10. The second-order valence-electron chi connectivity index (χ2n) is 6.41. The number of aliphatic hydroxyl groups is 1. The van der Waals surface area contributed by atoms with Crippen LogP contribution in [0.15, 0.2) is 0 Å². The van der Waals surface area contributed by atoms with Gasteiger partial charge >= 0.3 is 0 Å². The molecule has 3 nitrogen and oxygen atoms in total. The number of hydrogen-bond donors (Lipinski definition) is 1. The third kappa shape index (κ3) is 3.67. The Bertz CT molecular complexity index is 253. The van der Waals surface area contributed by atoms with Gasteiger partial charge in [-0.2, -0.15) is 0 Å². The molecule has 0 aromatic carbocycles. The Morgan fingerprint density at radius 1 is 1.41 bits per heavy atom. The van der Waals surface area contributed by atoms with Gasteiger partial charge in [-0.25, -0.2) is 0 Å². The zero-order valence-electron chi connectivity index (χ0n) is 11.5. The molecule has 17 heavy (non-hydrogen) atoms. The Kier molecular flexibility index (Phi) is 4.11. The normalized spacial score (nSPS) is 35.3. The lowest BCUT2D eigenvalue weighted by Crippen LogP contribution is -2.38. The molecule has 3 heteroatoms. The van der Waals surface area contributed by atoms with E-state index < -0.39 is 0 Å². The summed E-state index contributed by atoms with van der Waals surface area (Å²) in [5, 5.41) is 9.52. The summed E-state index contributed by atoms with van der Waals surface area (Å²) >= 11 is 0. The first-order valence-corrected chi connectivity index (χ1v) is 7.06. The highest BCUT2D eigenvalue weighted by molar-refractivity contribution is 4.87. The first kappa shape index (κ1) is 13.3. The molecule has 0 bridgehead atoms. The van der Waals surface area contributed by atoms with Crippen LogP contribution in [0.5, 0.6) is 0 Å². The van der Waals surface area contributed by atoms with Gasteiger partial charge in [-0.3, -0.25) is 4.90 Å². The first-order valence-electron chi connectivity index (χ1n) is 7.06. The first-order chi connectivity index (χ1) is 7.96. The largest absolute Gasteiger partial charge is 0.393 e. The molecule has 2 rings (SSSR count). The van der Waals surface area contributed by atoms with Gasteiger partial charge in [0.15, 0.2) is 0 Å². The van der Waals surface area contributed by atoms with Gasteiger partial charge in [0.25, 0.3) is 0 Å². The van der Waals surface area contributed by atoms with Gasteiger partial charge < -0.3 is 9.84 Å². The molecule has 0 aromatic rings. The summed E-state index contributed by atoms with van der Waals surface area (Å²) < 4.78 is 6.06. The molecule has 0 aromatic heterocycles. The maximum atomic E-state index is 9.52. The van der Waals surface area contributed by atoms with Crippen LogP contribution in [0.2, 0.25) is 0 Å². The molecule has 2 fully saturated rings. The number of ether oxygens (including phenoxy) is 1. The van der Waals surface area contributed by atoms with Crippen molar-refractivity contribution in [2.45, 2.75) is 76.7 Å². The van der Waals surface area contributed by atoms with E-state index in [9.17, 15) is 5.11 Å². The lowest BCUT2D eigenvalue weighted by atomic mass is 10.0. The average Bonchev–Trinajstić information content (AvgIpc) is 2.74. The minimum Gasteiger partial charge on any atom is -0.393 e. The summed E-state index contributed by atoms with van der Waals surface area (Å²) in [6.07, 6.45) is 6.00. The van der Waals surface area contributed by atoms with Gasteiger partial charge in [-0.1, -0.05) is 0 Å². The Labute approximate surface area is 105 Å². The van der Waals surface area contributed by atoms with Crippen molar-refractivity contribution >= 4 is 0 Å². The van der Waals surface area contributed by atoms with E-state index in [1.807, 2.05) is 6.92 Å². The number of likely N-dealkylation sites (tertiary alicyclic amines) is 1. The van der Waals surface area contributed by atoms with Crippen LogP contribution in [0.3, 0.4) is 0 Å². The number of rotatable bonds is 4. The number of hydrogen-bond acceptors (Lipinski definition) is 3. The number of nitrogens with zero attached hydrogens (tertiary/aromatic N) is 1. The van der Waals surface area contributed by atoms with Crippen molar-refractivity contribution in [3.63, 3.8) is 0 Å². The molecule has 2 aliphatic rings. The summed E-state index contributed by atoms with van der Waals surface area (Å²) in [5.41, 5.74) is 0.0736. The fourth-order valence-corrected chi connectivity index (χ4v) is 3.26. The van der Waals surface area contributed by atoms with Gasteiger partial charge in [0.2, 0.25) is 0 Å². The fraction of sp³-hybridized carbons (Fsp3) is 1.00. The zero-order valence-corrected chi connectivity index (χ0v) is 11.5. The SMILES string of the molecule is CC(O)CC1CCCN1CC1CCC(C)(C)O1. The predicted octanol–water partition coefficient (Wildman–Crippen LogP) is 2.18. The third-order valence-corrected chi connectivity index (χ3v) is 4.10. The molecule has 2 saturated heterocycles. The molecular weight excluding hydrogens is 214 g/mol. The summed E-state index contributed by atoms with van der Waals surface area (Å²) in [6.45, 7) is 8.50. The average molecular weight is 241 g/mol. The van der Waals surface area contributed by atoms with Gasteiger partial charge in [-0.05, 0) is 59.4 Å². The Morgan fingerprint density at radius 2 is 2.18 bits per heavy atom. The molecule has 3 atom stereocenters. The highest BCUT2D eigenvalue weighted by Crippen LogP contribution is 2.31. The lowest BCUT2D eigenvalue weighted by molar-refractivity contribution is -0.0318. The molecular formula is C14H27NO2. The Hall–Kier alpha value is -0.120. The summed E-state index contributed by atoms with van der Waals surface area (Å²) in [4.78, 5) is 2.53. The summed E-state index contributed by atoms with van der Waals surface area (Å²) in [5.74, 6) is 0. The van der Waals surface area contributed by atoms with Gasteiger partial charge in [0, 0.05) is 12.6 Å². The monoisotopic (exact) mass is 241 g/mol. The van der Waals surface area contributed by atoms with E-state index in [0.717, 1.165) is 13.0 Å². The molecule has 0 radical (unpaired) electrons. The second kappa shape index (κ2) is 5.25. The second-order valence-corrected chi connectivity index (χ2v) is 6.41. The quantitative estimate of drug-likeness (QED) is 0.819. The van der Waals surface area contributed by atoms with Crippen LogP contribution < -0.4 is 0 Å². The summed E-state index contributed by atoms with van der Waals surface area (Å²) in [6, 6.07) is 0.572. The molecule has 3 unspecified atom stereocenters. The van der Waals surface area contributed by atoms with E-state index in [-0.39, 0.29) is 11.7 Å². The molecule has 0 saturated carbocycles. The van der Waals surface area contributed by atoms with Crippen molar-refractivity contribution in [1.82, 2.24) is 4.90 Å². The Morgan fingerprint density at radius 3 is 2.76 bits per heavy atom. The minimum absolute atomic E-state index is 0.0736. The molecule has 1 N–H and O–H groups in total. The summed E-state index contributed by atoms with van der Waals surface area (Å²) in [7, 11) is 0. The van der Waals surface area contributed by atoms with Crippen LogP contribution >= 0.6 is 0 Å². The molecule has 2 aliphatic heterocycles. The van der Waals surface area contributed by atoms with E-state index in [4.69, 9.17) is 4.74 Å². The minimum atomic E-state index is -0.179. The molecule has 0 amide bonds. The Balaban J connectivity index is 1.82. The van der Waals surface area contributed by atoms with Crippen molar-refractivity contribution < 1.29 is 9.84 Å². The predicted molar refractivity (Wildman–Crippen MR) is 69.1 cm³/mol. The van der Waals surface area contributed by atoms with Crippen molar-refractivity contribution in [3.05, 3.63) is 0 Å². The van der Waals surface area contributed by atoms with E-state index in [0.29, 0.717) is 12.1 Å². The zero-order chi connectivity index (χ0) is 12.5. The molecule has 100 valence electrons. The lowest BCUT2D eigenvalue weighted by Gasteiger charge is -2.29.